The predicted molar refractivity (Wildman–Crippen MR) is 45.1 cm³/mol. The summed E-state index contributed by atoms with van der Waals surface area (Å²) in [5.41, 5.74) is 0. The van der Waals surface area contributed by atoms with Crippen LogP contribution in [0.1, 0.15) is 0 Å². The molecule has 1 radical (unpaired) electrons. The van der Waals surface area contributed by atoms with Crippen molar-refractivity contribution in [2.75, 3.05) is 12.9 Å². The van der Waals surface area contributed by atoms with Crippen LogP contribution in [0.4, 0.5) is 0 Å². The van der Waals surface area contributed by atoms with Gasteiger partial charge in [0.2, 0.25) is 0 Å². The number of nitrogens with zero attached hydrogens (tertiary/aromatic N) is 3. The molecule has 0 amide bonds. The van der Waals surface area contributed by atoms with Crippen LogP contribution < -0.4 is 0 Å². The fourth-order valence-electron chi connectivity index (χ4n) is 0.684. The molecule has 0 aliphatic rings. The zero-order valence-corrected chi connectivity index (χ0v) is 7.94. The standard InChI is InChI=1S/C6H10N3O3S/c1-13(10,11)12-4-2-3-9-6-7-5-8-9/h2,5-6H,3-4H2,1H3. The molecule has 1 heterocycles. The van der Waals surface area contributed by atoms with Gasteiger partial charge in [-0.1, -0.05) is 0 Å². The molecule has 0 spiro atoms. The predicted octanol–water partition coefficient (Wildman–Crippen LogP) is -0.541. The van der Waals surface area contributed by atoms with E-state index in [2.05, 4.69) is 14.3 Å². The molecule has 0 unspecified atom stereocenters. The summed E-state index contributed by atoms with van der Waals surface area (Å²) < 4.78 is 27.1. The van der Waals surface area contributed by atoms with Gasteiger partial charge >= 0.3 is 0 Å². The fourth-order valence-corrected chi connectivity index (χ4v) is 1.03. The minimum atomic E-state index is -3.34. The first-order chi connectivity index (χ1) is 6.08. The molecule has 0 aliphatic carbocycles. The van der Waals surface area contributed by atoms with Gasteiger partial charge in [0.25, 0.3) is 10.1 Å². The van der Waals surface area contributed by atoms with Crippen LogP contribution in [0.15, 0.2) is 12.7 Å². The van der Waals surface area contributed by atoms with E-state index in [1.807, 2.05) is 0 Å². The molecule has 0 bridgehead atoms. The van der Waals surface area contributed by atoms with Crippen molar-refractivity contribution in [3.05, 3.63) is 19.1 Å². The Bertz CT molecular complexity index is 332. The average molecular weight is 204 g/mol. The van der Waals surface area contributed by atoms with E-state index in [4.69, 9.17) is 0 Å². The Labute approximate surface area is 76.7 Å². The van der Waals surface area contributed by atoms with Gasteiger partial charge in [-0.15, -0.1) is 0 Å². The molecule has 0 atom stereocenters. The summed E-state index contributed by atoms with van der Waals surface area (Å²) in [5, 5.41) is 3.82. The highest BCUT2D eigenvalue weighted by Gasteiger charge is 2.00. The van der Waals surface area contributed by atoms with E-state index in [0.29, 0.717) is 6.54 Å². The van der Waals surface area contributed by atoms with Crippen LogP contribution in [0.2, 0.25) is 0 Å². The molecule has 0 N–H and O–H groups in total. The van der Waals surface area contributed by atoms with Gasteiger partial charge in [-0.3, -0.25) is 8.86 Å². The second-order valence-electron chi connectivity index (χ2n) is 2.39. The lowest BCUT2D eigenvalue weighted by Gasteiger charge is -2.00. The van der Waals surface area contributed by atoms with Crippen LogP contribution in [0.3, 0.4) is 0 Å². The van der Waals surface area contributed by atoms with Crippen LogP contribution in [-0.4, -0.2) is 36.0 Å². The second kappa shape index (κ2) is 4.33. The summed E-state index contributed by atoms with van der Waals surface area (Å²) in [7, 11) is -3.34. The van der Waals surface area contributed by atoms with Crippen molar-refractivity contribution in [1.82, 2.24) is 14.8 Å². The molecule has 0 fully saturated rings. The number of rotatable bonds is 5. The molecule has 1 aromatic heterocycles. The lowest BCUT2D eigenvalue weighted by atomic mass is 10.5. The summed E-state index contributed by atoms with van der Waals surface area (Å²) in [6, 6.07) is 0. The summed E-state index contributed by atoms with van der Waals surface area (Å²) in [6.07, 6.45) is 5.61. The van der Waals surface area contributed by atoms with Gasteiger partial charge < -0.3 is 0 Å². The Kier molecular flexibility index (Phi) is 3.38. The summed E-state index contributed by atoms with van der Waals surface area (Å²) in [5.74, 6) is 0. The van der Waals surface area contributed by atoms with Crippen LogP contribution in [0.5, 0.6) is 0 Å². The second-order valence-corrected chi connectivity index (χ2v) is 4.04. The van der Waals surface area contributed by atoms with Gasteiger partial charge in [0, 0.05) is 13.0 Å². The van der Waals surface area contributed by atoms with Crippen molar-refractivity contribution in [3.63, 3.8) is 0 Å². The van der Waals surface area contributed by atoms with Crippen LogP contribution in [0, 0.1) is 6.42 Å². The molecule has 0 saturated carbocycles. The van der Waals surface area contributed by atoms with E-state index in [1.54, 1.807) is 11.1 Å². The molecule has 1 aromatic rings. The van der Waals surface area contributed by atoms with Gasteiger partial charge in [0.05, 0.1) is 12.9 Å². The highest BCUT2D eigenvalue weighted by molar-refractivity contribution is 7.85. The van der Waals surface area contributed by atoms with Gasteiger partial charge in [-0.25, -0.2) is 4.98 Å². The first kappa shape index (κ1) is 10.1. The van der Waals surface area contributed by atoms with Crippen molar-refractivity contribution in [2.24, 2.45) is 0 Å². The van der Waals surface area contributed by atoms with Crippen molar-refractivity contribution in [3.8, 4) is 0 Å². The molecule has 13 heavy (non-hydrogen) atoms. The molecule has 7 heteroatoms. The summed E-state index contributed by atoms with van der Waals surface area (Å²) in [4.78, 5) is 3.72. The molecular formula is C6H10N3O3S. The van der Waals surface area contributed by atoms with Crippen molar-refractivity contribution >= 4 is 10.1 Å². The smallest absolute Gasteiger partial charge is 0.264 e. The van der Waals surface area contributed by atoms with E-state index >= 15 is 0 Å². The van der Waals surface area contributed by atoms with Crippen LogP contribution in [0.25, 0.3) is 0 Å². The average Bonchev–Trinajstić information content (AvgIpc) is 2.48. The van der Waals surface area contributed by atoms with Crippen LogP contribution >= 0.6 is 0 Å². The Hall–Kier alpha value is -0.950. The van der Waals surface area contributed by atoms with E-state index in [-0.39, 0.29) is 6.61 Å². The number of aromatic nitrogens is 3. The normalized spacial score (nSPS) is 11.8. The third-order valence-corrected chi connectivity index (χ3v) is 1.75. The minimum Gasteiger partial charge on any atom is -0.270 e. The molecule has 0 aliphatic heterocycles. The Morgan fingerprint density at radius 2 is 2.38 bits per heavy atom. The largest absolute Gasteiger partial charge is 0.270 e. The quantitative estimate of drug-likeness (QED) is 0.475. The van der Waals surface area contributed by atoms with Gasteiger partial charge in [-0.2, -0.15) is 13.5 Å². The van der Waals surface area contributed by atoms with E-state index in [9.17, 15) is 8.42 Å². The maximum Gasteiger partial charge on any atom is 0.264 e. The number of hydrogen-bond acceptors (Lipinski definition) is 5. The molecule has 1 rings (SSSR count). The van der Waals surface area contributed by atoms with Gasteiger partial charge in [0.1, 0.15) is 12.7 Å². The van der Waals surface area contributed by atoms with E-state index < -0.39 is 10.1 Å². The highest BCUT2D eigenvalue weighted by Crippen LogP contribution is 1.91. The first-order valence-corrected chi connectivity index (χ1v) is 5.38. The molecule has 73 valence electrons. The zero-order chi connectivity index (χ0) is 9.73. The van der Waals surface area contributed by atoms with Crippen molar-refractivity contribution < 1.29 is 12.6 Å². The highest BCUT2D eigenvalue weighted by atomic mass is 32.2. The Morgan fingerprint density at radius 1 is 1.62 bits per heavy atom. The molecule has 6 nitrogen and oxygen atoms in total. The molecule has 0 saturated heterocycles. The van der Waals surface area contributed by atoms with Crippen molar-refractivity contribution in [1.29, 1.82) is 0 Å². The first-order valence-electron chi connectivity index (χ1n) is 3.56. The van der Waals surface area contributed by atoms with E-state index in [1.165, 1.54) is 12.7 Å². The SMILES string of the molecule is CS(=O)(=O)OC[CH]Cn1cncn1. The lowest BCUT2D eigenvalue weighted by Crippen LogP contribution is -2.08. The monoisotopic (exact) mass is 204 g/mol. The third kappa shape index (κ3) is 4.58. The molecular weight excluding hydrogens is 194 g/mol. The third-order valence-electron chi connectivity index (χ3n) is 1.18. The maximum absolute atomic E-state index is 10.5. The lowest BCUT2D eigenvalue weighted by molar-refractivity contribution is 0.341. The van der Waals surface area contributed by atoms with Gasteiger partial charge in [-0.05, 0) is 0 Å². The Balaban J connectivity index is 2.16. The topological polar surface area (TPSA) is 74.1 Å². The van der Waals surface area contributed by atoms with Gasteiger partial charge in [0.15, 0.2) is 0 Å². The van der Waals surface area contributed by atoms with Crippen LogP contribution in [-0.2, 0) is 20.8 Å². The zero-order valence-electron chi connectivity index (χ0n) is 7.12. The Morgan fingerprint density at radius 3 is 2.92 bits per heavy atom. The maximum atomic E-state index is 10.5. The van der Waals surface area contributed by atoms with Crippen molar-refractivity contribution in [2.45, 2.75) is 6.54 Å². The van der Waals surface area contributed by atoms with E-state index in [0.717, 1.165) is 6.26 Å². The molecule has 0 aromatic carbocycles. The summed E-state index contributed by atoms with van der Waals surface area (Å²) >= 11 is 0. The minimum absolute atomic E-state index is 0.0543. The summed E-state index contributed by atoms with van der Waals surface area (Å²) in [6.45, 7) is 0.536. The fraction of sp³-hybridized carbons (Fsp3) is 0.500. The number of hydrogen-bond donors (Lipinski definition) is 0.